The number of aromatic nitrogens is 1. The Morgan fingerprint density at radius 3 is 2.43 bits per heavy atom. The van der Waals surface area contributed by atoms with Crippen molar-refractivity contribution in [1.29, 1.82) is 0 Å². The van der Waals surface area contributed by atoms with Crippen LogP contribution in [0.2, 0.25) is 0 Å². The second kappa shape index (κ2) is 6.51. The van der Waals surface area contributed by atoms with Crippen LogP contribution >= 0.6 is 0 Å². The Labute approximate surface area is 158 Å². The lowest BCUT2D eigenvalue weighted by Crippen LogP contribution is -2.01. The highest BCUT2D eigenvalue weighted by Gasteiger charge is 2.18. The molecule has 2 aromatic heterocycles. The van der Waals surface area contributed by atoms with Gasteiger partial charge in [-0.3, -0.25) is 10.1 Å². The molecule has 0 aliphatic heterocycles. The van der Waals surface area contributed by atoms with Crippen LogP contribution in [0.5, 0.6) is 0 Å². The van der Waals surface area contributed by atoms with Crippen molar-refractivity contribution in [3.05, 3.63) is 76.3 Å². The fraction of sp³-hybridized carbons (Fsp3) is 0. The number of aromatic carboxylic acids is 1. The zero-order valence-electron chi connectivity index (χ0n) is 14.3. The molecule has 0 saturated carbocycles. The highest BCUT2D eigenvalue weighted by molar-refractivity contribution is 6.04. The number of non-ortho nitro benzene ring substituents is 1. The molecule has 2 heterocycles. The van der Waals surface area contributed by atoms with E-state index in [-0.39, 0.29) is 16.6 Å². The van der Waals surface area contributed by atoms with Crippen molar-refractivity contribution in [1.82, 2.24) is 4.98 Å². The van der Waals surface area contributed by atoms with Crippen LogP contribution in [-0.4, -0.2) is 21.0 Å². The summed E-state index contributed by atoms with van der Waals surface area (Å²) in [5, 5.41) is 20.7. The molecule has 0 unspecified atom stereocenters. The maximum Gasteiger partial charge on any atom is 0.336 e. The number of benzene rings is 2. The first-order valence-corrected chi connectivity index (χ1v) is 8.21. The first-order valence-electron chi connectivity index (χ1n) is 8.21. The van der Waals surface area contributed by atoms with Crippen molar-refractivity contribution >= 4 is 28.2 Å². The van der Waals surface area contributed by atoms with Crippen LogP contribution in [0.15, 0.2) is 65.1 Å². The van der Waals surface area contributed by atoms with Gasteiger partial charge in [0.2, 0.25) is 0 Å². The number of nitrogens with zero attached hydrogens (tertiary/aromatic N) is 2. The summed E-state index contributed by atoms with van der Waals surface area (Å²) >= 11 is 0. The van der Waals surface area contributed by atoms with Gasteiger partial charge in [0.1, 0.15) is 11.5 Å². The number of carboxylic acids is 1. The summed E-state index contributed by atoms with van der Waals surface area (Å²) < 4.78 is 5.84. The van der Waals surface area contributed by atoms with E-state index in [0.29, 0.717) is 28.4 Å². The number of nitro groups is 1. The first-order chi connectivity index (χ1) is 13.4. The summed E-state index contributed by atoms with van der Waals surface area (Å²) in [6, 6.07) is 15.8. The van der Waals surface area contributed by atoms with Crippen LogP contribution in [0.1, 0.15) is 10.4 Å². The Morgan fingerprint density at radius 2 is 1.75 bits per heavy atom. The number of nitro benzene ring substituents is 1. The van der Waals surface area contributed by atoms with E-state index in [1.54, 1.807) is 24.3 Å². The Kier molecular flexibility index (Phi) is 4.00. The molecule has 4 aromatic rings. The molecule has 0 atom stereocenters. The molecule has 8 heteroatoms. The van der Waals surface area contributed by atoms with Crippen molar-refractivity contribution in [3.8, 4) is 22.8 Å². The molecule has 8 nitrogen and oxygen atoms in total. The summed E-state index contributed by atoms with van der Waals surface area (Å²) in [6.07, 6.45) is 0. The number of nitrogen functional groups attached to an aromatic ring is 1. The van der Waals surface area contributed by atoms with Gasteiger partial charge in [0, 0.05) is 28.8 Å². The standard InChI is InChI=1S/C20H13N3O5/c21-12-3-1-11(2-4-12)18-7-8-19(28-18)17-10-15(20(24)25)14-9-13(23(26)27)5-6-16(14)22-17/h1-10H,21H2,(H,24,25). The highest BCUT2D eigenvalue weighted by Crippen LogP contribution is 2.31. The number of carbonyl (C=O) groups is 1. The van der Waals surface area contributed by atoms with Crippen molar-refractivity contribution < 1.29 is 19.2 Å². The minimum Gasteiger partial charge on any atom is -0.478 e. The number of carboxylic acid groups (broad SMARTS) is 1. The van der Waals surface area contributed by atoms with Gasteiger partial charge in [-0.2, -0.15) is 0 Å². The maximum atomic E-state index is 11.7. The van der Waals surface area contributed by atoms with Crippen LogP contribution < -0.4 is 5.73 Å². The number of hydrogen-bond acceptors (Lipinski definition) is 6. The summed E-state index contributed by atoms with van der Waals surface area (Å²) in [6.45, 7) is 0. The average molecular weight is 375 g/mol. The van der Waals surface area contributed by atoms with E-state index >= 15 is 0 Å². The van der Waals surface area contributed by atoms with Crippen molar-refractivity contribution in [2.24, 2.45) is 0 Å². The number of rotatable bonds is 4. The van der Waals surface area contributed by atoms with Crippen LogP contribution in [0.3, 0.4) is 0 Å². The number of pyridine rings is 1. The number of nitrogens with two attached hydrogens (primary N) is 1. The normalized spacial score (nSPS) is 10.9. The second-order valence-electron chi connectivity index (χ2n) is 6.10. The molecule has 0 radical (unpaired) electrons. The van der Waals surface area contributed by atoms with E-state index in [0.717, 1.165) is 5.56 Å². The minimum atomic E-state index is -1.21. The molecular weight excluding hydrogens is 362 g/mol. The monoisotopic (exact) mass is 375 g/mol. The fourth-order valence-corrected chi connectivity index (χ4v) is 2.91. The van der Waals surface area contributed by atoms with Gasteiger partial charge in [0.25, 0.3) is 5.69 Å². The van der Waals surface area contributed by atoms with E-state index in [9.17, 15) is 20.0 Å². The highest BCUT2D eigenvalue weighted by atomic mass is 16.6. The lowest BCUT2D eigenvalue weighted by atomic mass is 10.1. The largest absolute Gasteiger partial charge is 0.478 e. The topological polar surface area (TPSA) is 132 Å². The third kappa shape index (κ3) is 3.03. The summed E-state index contributed by atoms with van der Waals surface area (Å²) in [7, 11) is 0. The van der Waals surface area contributed by atoms with Crippen LogP contribution in [0.4, 0.5) is 11.4 Å². The number of anilines is 1. The zero-order chi connectivity index (χ0) is 19.8. The number of hydrogen-bond donors (Lipinski definition) is 2. The van der Waals surface area contributed by atoms with Gasteiger partial charge in [-0.15, -0.1) is 0 Å². The SMILES string of the molecule is Nc1ccc(-c2ccc(-c3cc(C(=O)O)c4cc([N+](=O)[O-])ccc4n3)o2)cc1. The summed E-state index contributed by atoms with van der Waals surface area (Å²) in [4.78, 5) is 26.5. The van der Waals surface area contributed by atoms with Gasteiger partial charge in [-0.05, 0) is 48.5 Å². The molecule has 0 saturated heterocycles. The Bertz CT molecular complexity index is 1230. The predicted octanol–water partition coefficient (Wildman–Crippen LogP) is 4.35. The fourth-order valence-electron chi connectivity index (χ4n) is 2.91. The minimum absolute atomic E-state index is 0.0888. The molecule has 2 aromatic carbocycles. The molecule has 3 N–H and O–H groups in total. The Morgan fingerprint density at radius 1 is 1.04 bits per heavy atom. The van der Waals surface area contributed by atoms with Gasteiger partial charge < -0.3 is 15.3 Å². The lowest BCUT2D eigenvalue weighted by molar-refractivity contribution is -0.384. The lowest BCUT2D eigenvalue weighted by Gasteiger charge is -2.05. The predicted molar refractivity (Wildman–Crippen MR) is 103 cm³/mol. The molecule has 28 heavy (non-hydrogen) atoms. The molecular formula is C20H13N3O5. The van der Waals surface area contributed by atoms with E-state index in [4.69, 9.17) is 10.2 Å². The molecule has 0 aliphatic carbocycles. The van der Waals surface area contributed by atoms with Gasteiger partial charge in [-0.1, -0.05) is 0 Å². The van der Waals surface area contributed by atoms with E-state index < -0.39 is 10.9 Å². The van der Waals surface area contributed by atoms with Gasteiger partial charge >= 0.3 is 5.97 Å². The quantitative estimate of drug-likeness (QED) is 0.308. The molecule has 138 valence electrons. The van der Waals surface area contributed by atoms with Crippen molar-refractivity contribution in [3.63, 3.8) is 0 Å². The molecule has 4 rings (SSSR count). The molecule has 0 aliphatic rings. The smallest absolute Gasteiger partial charge is 0.336 e. The van der Waals surface area contributed by atoms with Crippen LogP contribution in [0.25, 0.3) is 33.7 Å². The zero-order valence-corrected chi connectivity index (χ0v) is 14.3. The third-order valence-electron chi connectivity index (χ3n) is 4.29. The summed E-state index contributed by atoms with van der Waals surface area (Å²) in [5.41, 5.74) is 7.49. The van der Waals surface area contributed by atoms with E-state index in [1.807, 2.05) is 12.1 Å². The number of fused-ring (bicyclic) bond motifs is 1. The van der Waals surface area contributed by atoms with Gasteiger partial charge in [-0.25, -0.2) is 9.78 Å². The molecule has 0 amide bonds. The summed E-state index contributed by atoms with van der Waals surface area (Å²) in [5.74, 6) is -0.244. The first kappa shape index (κ1) is 17.2. The molecule has 0 fully saturated rings. The van der Waals surface area contributed by atoms with E-state index in [1.165, 1.54) is 24.3 Å². The van der Waals surface area contributed by atoms with Gasteiger partial charge in [0.05, 0.1) is 16.0 Å². The van der Waals surface area contributed by atoms with Crippen molar-refractivity contribution in [2.45, 2.75) is 0 Å². The number of furan rings is 1. The average Bonchev–Trinajstić information content (AvgIpc) is 3.17. The second-order valence-corrected chi connectivity index (χ2v) is 6.10. The van der Waals surface area contributed by atoms with E-state index in [2.05, 4.69) is 4.98 Å². The van der Waals surface area contributed by atoms with Crippen LogP contribution in [0, 0.1) is 10.1 Å². The third-order valence-corrected chi connectivity index (χ3v) is 4.29. The molecule has 0 spiro atoms. The van der Waals surface area contributed by atoms with Gasteiger partial charge in [0.15, 0.2) is 5.76 Å². The Hall–Kier alpha value is -4.20. The maximum absolute atomic E-state index is 11.7. The van der Waals surface area contributed by atoms with Crippen molar-refractivity contribution in [2.75, 3.05) is 5.73 Å². The van der Waals surface area contributed by atoms with Crippen LogP contribution in [-0.2, 0) is 0 Å². The molecule has 0 bridgehead atoms. The Balaban J connectivity index is 1.83.